The number of benzene rings is 3. The molecule has 3 aromatic carbocycles. The van der Waals surface area contributed by atoms with Gasteiger partial charge in [-0.25, -0.2) is 9.48 Å². The number of hydrogen-bond acceptors (Lipinski definition) is 3. The number of anilines is 1. The molecule has 0 aliphatic carbocycles. The highest BCUT2D eigenvalue weighted by molar-refractivity contribution is 5.91. The fourth-order valence-corrected chi connectivity index (χ4v) is 5.49. The van der Waals surface area contributed by atoms with Crippen molar-refractivity contribution in [2.45, 2.75) is 39.8 Å². The van der Waals surface area contributed by atoms with Gasteiger partial charge < -0.3 is 19.5 Å². The summed E-state index contributed by atoms with van der Waals surface area (Å²) in [4.78, 5) is 16.2. The van der Waals surface area contributed by atoms with Crippen molar-refractivity contribution in [3.63, 3.8) is 0 Å². The molecule has 2 aromatic heterocycles. The molecule has 0 radical (unpaired) electrons. The smallest absolute Gasteiger partial charge is 0.323 e. The summed E-state index contributed by atoms with van der Waals surface area (Å²) in [5.74, 6) is 1.61. The first-order valence-electron chi connectivity index (χ1n) is 13.8. The van der Waals surface area contributed by atoms with Gasteiger partial charge in [-0.1, -0.05) is 67.1 Å². The summed E-state index contributed by atoms with van der Waals surface area (Å²) in [6.07, 6.45) is 2.82. The van der Waals surface area contributed by atoms with E-state index in [4.69, 9.17) is 9.84 Å². The molecule has 1 aliphatic rings. The SMILES string of the molecule is CCOc1ccccc1NC(=O)N1Cc2c(CC)nn(-c3ccccc3)c2-n2cccc2[C@H]1c1ccc(C)cc1. The van der Waals surface area contributed by atoms with E-state index >= 15 is 0 Å². The highest BCUT2D eigenvalue weighted by Crippen LogP contribution is 2.39. The lowest BCUT2D eigenvalue weighted by Crippen LogP contribution is -2.38. The number of ether oxygens (including phenoxy) is 1. The van der Waals surface area contributed by atoms with Crippen LogP contribution < -0.4 is 10.1 Å². The fraction of sp³-hybridized carbons (Fsp3) is 0.212. The van der Waals surface area contributed by atoms with E-state index in [9.17, 15) is 4.79 Å². The Morgan fingerprint density at radius 2 is 1.70 bits per heavy atom. The predicted molar refractivity (Wildman–Crippen MR) is 157 cm³/mol. The Morgan fingerprint density at radius 3 is 2.45 bits per heavy atom. The lowest BCUT2D eigenvalue weighted by molar-refractivity contribution is 0.194. The summed E-state index contributed by atoms with van der Waals surface area (Å²) < 4.78 is 10.0. The first kappa shape index (κ1) is 25.5. The lowest BCUT2D eigenvalue weighted by atomic mass is 10.0. The molecule has 1 N–H and O–H groups in total. The molecule has 7 nitrogen and oxygen atoms in total. The van der Waals surface area contributed by atoms with Crippen molar-refractivity contribution in [2.75, 3.05) is 11.9 Å². The summed E-state index contributed by atoms with van der Waals surface area (Å²) in [6, 6.07) is 29.8. The molecule has 2 amide bonds. The van der Waals surface area contributed by atoms with Gasteiger partial charge in [-0.2, -0.15) is 5.10 Å². The Morgan fingerprint density at radius 1 is 0.950 bits per heavy atom. The van der Waals surface area contributed by atoms with Crippen molar-refractivity contribution in [2.24, 2.45) is 0 Å². The van der Waals surface area contributed by atoms with Crippen LogP contribution in [-0.4, -0.2) is 31.9 Å². The summed E-state index contributed by atoms with van der Waals surface area (Å²) in [6.45, 7) is 7.03. The Balaban J connectivity index is 1.53. The molecule has 7 heteroatoms. The third-order valence-corrected chi connectivity index (χ3v) is 7.39. The summed E-state index contributed by atoms with van der Waals surface area (Å²) >= 11 is 0. The number of rotatable bonds is 6. The van der Waals surface area contributed by atoms with Gasteiger partial charge in [0.25, 0.3) is 0 Å². The largest absolute Gasteiger partial charge is 0.492 e. The number of amides is 2. The van der Waals surface area contributed by atoms with E-state index in [0.717, 1.165) is 40.4 Å². The average molecular weight is 532 g/mol. The van der Waals surface area contributed by atoms with Gasteiger partial charge in [0.05, 0.1) is 42.0 Å². The number of carbonyl (C=O) groups excluding carboxylic acids is 1. The molecule has 0 spiro atoms. The van der Waals surface area contributed by atoms with Crippen LogP contribution in [0.4, 0.5) is 10.5 Å². The summed E-state index contributed by atoms with van der Waals surface area (Å²) in [5.41, 5.74) is 6.84. The van der Waals surface area contributed by atoms with Gasteiger partial charge in [-0.05, 0) is 62.2 Å². The molecule has 3 heterocycles. The topological polar surface area (TPSA) is 64.3 Å². The molecule has 6 rings (SSSR count). The van der Waals surface area contributed by atoms with E-state index in [1.807, 2.05) is 65.0 Å². The first-order valence-corrected chi connectivity index (χ1v) is 13.8. The number of para-hydroxylation sites is 3. The zero-order valence-corrected chi connectivity index (χ0v) is 23.0. The third kappa shape index (κ3) is 4.53. The molecule has 0 bridgehead atoms. The molecule has 0 saturated carbocycles. The molecular formula is C33H33N5O2. The predicted octanol–water partition coefficient (Wildman–Crippen LogP) is 7.07. The minimum Gasteiger partial charge on any atom is -0.492 e. The van der Waals surface area contributed by atoms with Crippen LogP contribution in [0.1, 0.15) is 48.0 Å². The number of carbonyl (C=O) groups is 1. The van der Waals surface area contributed by atoms with Crippen LogP contribution in [0.2, 0.25) is 0 Å². The van der Waals surface area contributed by atoms with Crippen molar-refractivity contribution in [3.05, 3.63) is 125 Å². The first-order chi connectivity index (χ1) is 19.6. The van der Waals surface area contributed by atoms with Gasteiger partial charge in [-0.15, -0.1) is 0 Å². The molecule has 0 unspecified atom stereocenters. The second kappa shape index (κ2) is 10.8. The van der Waals surface area contributed by atoms with Crippen LogP contribution in [0.3, 0.4) is 0 Å². The van der Waals surface area contributed by atoms with Crippen molar-refractivity contribution in [3.8, 4) is 17.3 Å². The van der Waals surface area contributed by atoms with E-state index in [0.29, 0.717) is 24.6 Å². The number of fused-ring (bicyclic) bond motifs is 3. The number of aryl methyl sites for hydroxylation is 2. The average Bonchev–Trinajstić information content (AvgIpc) is 3.56. The van der Waals surface area contributed by atoms with E-state index in [1.54, 1.807) is 0 Å². The van der Waals surface area contributed by atoms with Gasteiger partial charge in [0, 0.05) is 11.8 Å². The second-order valence-corrected chi connectivity index (χ2v) is 9.95. The third-order valence-electron chi connectivity index (χ3n) is 7.39. The monoisotopic (exact) mass is 531 g/mol. The standard InChI is InChI=1S/C33H33N5O2/c1-4-27-26-22-37(33(39)34-28-14-9-10-16-30(28)40-5-2)31(24-19-17-23(3)18-20-24)29-15-11-21-36(29)32(26)38(35-27)25-12-7-6-8-13-25/h6-21,31H,4-5,22H2,1-3H3,(H,34,39)/t31-/m1/s1. The Bertz CT molecular complexity index is 1640. The highest BCUT2D eigenvalue weighted by Gasteiger charge is 2.36. The van der Waals surface area contributed by atoms with Crippen molar-refractivity contribution in [1.29, 1.82) is 0 Å². The second-order valence-electron chi connectivity index (χ2n) is 9.95. The Kier molecular flexibility index (Phi) is 6.86. The quantitative estimate of drug-likeness (QED) is 0.255. The number of urea groups is 1. The van der Waals surface area contributed by atoms with Crippen molar-refractivity contribution in [1.82, 2.24) is 19.2 Å². The van der Waals surface area contributed by atoms with Gasteiger partial charge in [0.15, 0.2) is 0 Å². The molecule has 0 fully saturated rings. The number of aromatic nitrogens is 3. The minimum absolute atomic E-state index is 0.201. The molecule has 1 atom stereocenters. The zero-order chi connectivity index (χ0) is 27.6. The maximum Gasteiger partial charge on any atom is 0.323 e. The van der Waals surface area contributed by atoms with Gasteiger partial charge in [0.2, 0.25) is 0 Å². The molecule has 1 aliphatic heterocycles. The van der Waals surface area contributed by atoms with Crippen LogP contribution >= 0.6 is 0 Å². The van der Waals surface area contributed by atoms with E-state index in [-0.39, 0.29) is 12.1 Å². The van der Waals surface area contributed by atoms with E-state index in [2.05, 4.69) is 72.4 Å². The van der Waals surface area contributed by atoms with E-state index < -0.39 is 0 Å². The van der Waals surface area contributed by atoms with Gasteiger partial charge >= 0.3 is 6.03 Å². The van der Waals surface area contributed by atoms with Crippen LogP contribution in [0.5, 0.6) is 5.75 Å². The van der Waals surface area contributed by atoms with Gasteiger partial charge in [-0.3, -0.25) is 0 Å². The highest BCUT2D eigenvalue weighted by atomic mass is 16.5. The minimum atomic E-state index is -0.323. The van der Waals surface area contributed by atoms with Crippen molar-refractivity contribution < 1.29 is 9.53 Å². The fourth-order valence-electron chi connectivity index (χ4n) is 5.49. The van der Waals surface area contributed by atoms with Crippen LogP contribution in [0.15, 0.2) is 97.2 Å². The summed E-state index contributed by atoms with van der Waals surface area (Å²) in [5, 5.41) is 8.20. The molecule has 0 saturated heterocycles. The number of nitrogens with one attached hydrogen (secondary N) is 1. The normalized spacial score (nSPS) is 14.3. The Hall–Kier alpha value is -4.78. The van der Waals surface area contributed by atoms with Gasteiger partial charge in [0.1, 0.15) is 11.6 Å². The Labute approximate surface area is 234 Å². The van der Waals surface area contributed by atoms with Crippen LogP contribution in [0.25, 0.3) is 11.5 Å². The van der Waals surface area contributed by atoms with Crippen molar-refractivity contribution >= 4 is 11.7 Å². The van der Waals surface area contributed by atoms with E-state index in [1.165, 1.54) is 5.56 Å². The lowest BCUT2D eigenvalue weighted by Gasteiger charge is -2.31. The molecule has 5 aromatic rings. The number of hydrogen-bond donors (Lipinski definition) is 1. The number of nitrogens with zero attached hydrogens (tertiary/aromatic N) is 4. The van der Waals surface area contributed by atoms with Crippen LogP contribution in [-0.2, 0) is 13.0 Å². The summed E-state index contributed by atoms with van der Waals surface area (Å²) in [7, 11) is 0. The molecule has 202 valence electrons. The maximum absolute atomic E-state index is 14.3. The molecule has 40 heavy (non-hydrogen) atoms. The van der Waals surface area contributed by atoms with Crippen LogP contribution in [0, 0.1) is 6.92 Å². The molecular weight excluding hydrogens is 498 g/mol. The zero-order valence-electron chi connectivity index (χ0n) is 23.0. The maximum atomic E-state index is 14.3.